The third-order valence-corrected chi connectivity index (χ3v) is 5.57. The molecule has 160 valence electrons. The highest BCUT2D eigenvalue weighted by atomic mass is 16.5. The molecule has 0 unspecified atom stereocenters. The Morgan fingerprint density at radius 3 is 2.55 bits per heavy atom. The molecule has 1 atom stereocenters. The van der Waals surface area contributed by atoms with Gasteiger partial charge >= 0.3 is 0 Å². The summed E-state index contributed by atoms with van der Waals surface area (Å²) in [6.45, 7) is 4.39. The molecule has 0 saturated carbocycles. The number of methoxy groups -OCH3 is 1. The molecule has 31 heavy (non-hydrogen) atoms. The minimum atomic E-state index is -0.327. The summed E-state index contributed by atoms with van der Waals surface area (Å²) in [6.07, 6.45) is 3.61. The van der Waals surface area contributed by atoms with Crippen molar-refractivity contribution in [3.05, 3.63) is 59.3 Å². The first-order valence-electron chi connectivity index (χ1n) is 10.0. The Kier molecular flexibility index (Phi) is 5.41. The molecule has 1 fully saturated rings. The topological polar surface area (TPSA) is 116 Å². The van der Waals surface area contributed by atoms with Crippen molar-refractivity contribution >= 4 is 17.5 Å². The van der Waals surface area contributed by atoms with Gasteiger partial charge in [-0.05, 0) is 44.5 Å². The molecule has 0 radical (unpaired) electrons. The lowest BCUT2D eigenvalue weighted by molar-refractivity contribution is 0.0778. The van der Waals surface area contributed by atoms with Crippen molar-refractivity contribution in [1.29, 1.82) is 0 Å². The number of anilines is 1. The molecule has 0 aliphatic carbocycles. The number of rotatable bonds is 5. The van der Waals surface area contributed by atoms with Gasteiger partial charge in [0.2, 0.25) is 0 Å². The molecular formula is C22H24N6O3. The largest absolute Gasteiger partial charge is 0.497 e. The number of ketones is 1. The van der Waals surface area contributed by atoms with Crippen LogP contribution in [0.15, 0.2) is 36.7 Å². The van der Waals surface area contributed by atoms with Crippen molar-refractivity contribution in [3.63, 3.8) is 0 Å². The number of hydrogen-bond acceptors (Lipinski definition) is 7. The van der Waals surface area contributed by atoms with Crippen LogP contribution in [0.5, 0.6) is 5.75 Å². The average Bonchev–Trinajstić information content (AvgIpc) is 3.40. The highest BCUT2D eigenvalue weighted by Crippen LogP contribution is 2.27. The van der Waals surface area contributed by atoms with Crippen molar-refractivity contribution in [3.8, 4) is 11.4 Å². The van der Waals surface area contributed by atoms with Gasteiger partial charge in [0.15, 0.2) is 5.78 Å². The van der Waals surface area contributed by atoms with E-state index in [1.807, 2.05) is 12.1 Å². The van der Waals surface area contributed by atoms with Crippen LogP contribution < -0.4 is 10.5 Å². The molecule has 4 rings (SSSR count). The molecule has 2 aromatic heterocycles. The summed E-state index contributed by atoms with van der Waals surface area (Å²) in [5.41, 5.74) is 8.44. The Labute approximate surface area is 179 Å². The van der Waals surface area contributed by atoms with Crippen LogP contribution >= 0.6 is 0 Å². The van der Waals surface area contributed by atoms with Gasteiger partial charge in [-0.15, -0.1) is 0 Å². The van der Waals surface area contributed by atoms with Crippen LogP contribution in [0.25, 0.3) is 5.69 Å². The molecule has 9 nitrogen and oxygen atoms in total. The average molecular weight is 420 g/mol. The Bertz CT molecular complexity index is 1140. The first-order valence-corrected chi connectivity index (χ1v) is 10.0. The van der Waals surface area contributed by atoms with Crippen LogP contribution in [-0.2, 0) is 0 Å². The molecule has 1 amide bonds. The van der Waals surface area contributed by atoms with Crippen molar-refractivity contribution in [2.75, 3.05) is 25.9 Å². The number of aryl methyl sites for hydroxylation is 2. The molecule has 0 bridgehead atoms. The lowest BCUT2D eigenvalue weighted by Crippen LogP contribution is -2.31. The first kappa shape index (κ1) is 20.5. The summed E-state index contributed by atoms with van der Waals surface area (Å²) < 4.78 is 6.69. The molecule has 1 aromatic carbocycles. The van der Waals surface area contributed by atoms with Gasteiger partial charge in [-0.1, -0.05) is 0 Å². The number of hydrogen-bond donors (Lipinski definition) is 1. The molecule has 0 spiro atoms. The number of nitrogens with zero attached hydrogens (tertiary/aromatic N) is 5. The highest BCUT2D eigenvalue weighted by Gasteiger charge is 2.34. The molecule has 9 heteroatoms. The normalized spacial score (nSPS) is 15.8. The van der Waals surface area contributed by atoms with Gasteiger partial charge in [-0.2, -0.15) is 5.10 Å². The molecule has 3 aromatic rings. The van der Waals surface area contributed by atoms with E-state index in [0.29, 0.717) is 42.2 Å². The molecule has 3 heterocycles. The molecule has 1 aliphatic rings. The van der Waals surface area contributed by atoms with E-state index < -0.39 is 0 Å². The van der Waals surface area contributed by atoms with E-state index >= 15 is 0 Å². The van der Waals surface area contributed by atoms with E-state index in [4.69, 9.17) is 10.5 Å². The second-order valence-electron chi connectivity index (χ2n) is 7.57. The number of nitrogens with two attached hydrogens (primary N) is 1. The molecule has 1 saturated heterocycles. The predicted molar refractivity (Wildman–Crippen MR) is 114 cm³/mol. The number of benzene rings is 1. The number of carbonyl (C=O) groups excluding carboxylic acids is 2. The van der Waals surface area contributed by atoms with Gasteiger partial charge in [-0.3, -0.25) is 9.59 Å². The number of carbonyl (C=O) groups is 2. The maximum atomic E-state index is 13.1. The fourth-order valence-electron chi connectivity index (χ4n) is 3.82. The zero-order chi connectivity index (χ0) is 22.1. The highest BCUT2D eigenvalue weighted by molar-refractivity contribution is 6.03. The zero-order valence-corrected chi connectivity index (χ0v) is 17.7. The minimum Gasteiger partial charge on any atom is -0.497 e. The maximum Gasteiger partial charge on any atom is 0.257 e. The lowest BCUT2D eigenvalue weighted by atomic mass is 9.98. The molecular weight excluding hydrogens is 396 g/mol. The summed E-state index contributed by atoms with van der Waals surface area (Å²) in [6, 6.07) is 7.24. The van der Waals surface area contributed by atoms with Gasteiger partial charge in [-0.25, -0.2) is 14.6 Å². The van der Waals surface area contributed by atoms with E-state index in [-0.39, 0.29) is 23.4 Å². The number of ether oxygens (including phenoxy) is 1. The van der Waals surface area contributed by atoms with E-state index in [0.717, 1.165) is 11.4 Å². The monoisotopic (exact) mass is 420 g/mol. The van der Waals surface area contributed by atoms with Crippen molar-refractivity contribution in [2.45, 2.75) is 20.3 Å². The van der Waals surface area contributed by atoms with Crippen LogP contribution in [0.1, 0.15) is 38.7 Å². The second kappa shape index (κ2) is 8.17. The number of aromatic nitrogens is 4. The third kappa shape index (κ3) is 3.86. The van der Waals surface area contributed by atoms with Gasteiger partial charge in [0, 0.05) is 25.2 Å². The summed E-state index contributed by atoms with van der Waals surface area (Å²) in [4.78, 5) is 36.1. The quantitative estimate of drug-likeness (QED) is 0.629. The summed E-state index contributed by atoms with van der Waals surface area (Å²) in [7, 11) is 1.59. The number of amides is 1. The van der Waals surface area contributed by atoms with E-state index in [9.17, 15) is 9.59 Å². The van der Waals surface area contributed by atoms with Crippen LogP contribution in [-0.4, -0.2) is 56.5 Å². The Morgan fingerprint density at radius 2 is 1.87 bits per heavy atom. The Hall–Kier alpha value is -3.75. The number of Topliss-reactive ketones (excluding diaryl/α,β-unsaturated/α-hetero) is 1. The minimum absolute atomic E-state index is 0.107. The maximum absolute atomic E-state index is 13.1. The molecule has 1 aliphatic heterocycles. The summed E-state index contributed by atoms with van der Waals surface area (Å²) in [5, 5.41) is 4.29. The van der Waals surface area contributed by atoms with Crippen LogP contribution in [0.2, 0.25) is 0 Å². The van der Waals surface area contributed by atoms with Gasteiger partial charge in [0.25, 0.3) is 5.91 Å². The first-order chi connectivity index (χ1) is 14.9. The fraction of sp³-hybridized carbons (Fsp3) is 0.318. The van der Waals surface area contributed by atoms with Crippen molar-refractivity contribution in [2.24, 2.45) is 5.92 Å². The third-order valence-electron chi connectivity index (χ3n) is 5.57. The van der Waals surface area contributed by atoms with Crippen molar-refractivity contribution in [1.82, 2.24) is 24.6 Å². The standard InChI is InChI=1S/C22H24N6O3/c1-13-18(10-24-14(2)26-13)22(30)27-9-8-15(12-27)20(29)19-11-25-28(21(19)23)16-4-6-17(31-3)7-5-16/h4-7,10-11,15H,8-9,12,23H2,1-3H3/t15-/m0/s1. The Morgan fingerprint density at radius 1 is 1.13 bits per heavy atom. The number of likely N-dealkylation sites (tertiary alicyclic amines) is 1. The van der Waals surface area contributed by atoms with Gasteiger partial charge < -0.3 is 15.4 Å². The van der Waals surface area contributed by atoms with Crippen LogP contribution in [0.3, 0.4) is 0 Å². The van der Waals surface area contributed by atoms with E-state index in [1.165, 1.54) is 10.9 Å². The second-order valence-corrected chi connectivity index (χ2v) is 7.57. The smallest absolute Gasteiger partial charge is 0.257 e. The predicted octanol–water partition coefficient (Wildman–Crippen LogP) is 2.21. The lowest BCUT2D eigenvalue weighted by Gasteiger charge is -2.17. The van der Waals surface area contributed by atoms with Crippen LogP contribution in [0.4, 0.5) is 5.82 Å². The van der Waals surface area contributed by atoms with Gasteiger partial charge in [0.05, 0.1) is 35.8 Å². The zero-order valence-electron chi connectivity index (χ0n) is 17.7. The number of nitrogen functional groups attached to an aromatic ring is 1. The van der Waals surface area contributed by atoms with E-state index in [1.54, 1.807) is 44.2 Å². The van der Waals surface area contributed by atoms with Gasteiger partial charge in [0.1, 0.15) is 17.4 Å². The summed E-state index contributed by atoms with van der Waals surface area (Å²) in [5.74, 6) is 1.02. The van der Waals surface area contributed by atoms with Crippen LogP contribution in [0, 0.1) is 19.8 Å². The fourth-order valence-corrected chi connectivity index (χ4v) is 3.82. The molecule has 2 N–H and O–H groups in total. The van der Waals surface area contributed by atoms with E-state index in [2.05, 4.69) is 15.1 Å². The van der Waals surface area contributed by atoms with Crippen molar-refractivity contribution < 1.29 is 14.3 Å². The SMILES string of the molecule is COc1ccc(-n2ncc(C(=O)[C@H]3CCN(C(=O)c4cnc(C)nc4C)C3)c2N)cc1. The Balaban J connectivity index is 1.49. The summed E-state index contributed by atoms with van der Waals surface area (Å²) >= 11 is 0.